The van der Waals surface area contributed by atoms with Crippen LogP contribution in [0, 0.1) is 0 Å². The van der Waals surface area contributed by atoms with Gasteiger partial charge in [0.2, 0.25) is 11.8 Å². The van der Waals surface area contributed by atoms with Crippen molar-refractivity contribution in [3.8, 4) is 5.75 Å². The Morgan fingerprint density at radius 2 is 2.20 bits per heavy atom. The first-order valence-electron chi connectivity index (χ1n) is 7.43. The summed E-state index contributed by atoms with van der Waals surface area (Å²) >= 11 is 0. The number of halogens is 3. The molecule has 2 unspecified atom stereocenters. The summed E-state index contributed by atoms with van der Waals surface area (Å²) in [6, 6.07) is 3.40. The smallest absolute Gasteiger partial charge is 0.406 e. The summed E-state index contributed by atoms with van der Waals surface area (Å²) in [7, 11) is 1.39. The lowest BCUT2D eigenvalue weighted by atomic mass is 10.2. The number of nitrogens with two attached hydrogens (primary N) is 1. The fourth-order valence-electron chi connectivity index (χ4n) is 2.45. The van der Waals surface area contributed by atoms with Gasteiger partial charge >= 0.3 is 6.36 Å². The number of benzene rings is 1. The predicted molar refractivity (Wildman–Crippen MR) is 81.9 cm³/mol. The van der Waals surface area contributed by atoms with E-state index in [4.69, 9.17) is 10.5 Å². The van der Waals surface area contributed by atoms with Crippen molar-refractivity contribution in [1.82, 2.24) is 5.32 Å². The zero-order chi connectivity index (χ0) is 18.6. The number of amides is 2. The summed E-state index contributed by atoms with van der Waals surface area (Å²) in [4.78, 5) is 25.5. The number of methoxy groups -OCH3 is 1. The molecular formula is C15H18F3N3O4. The van der Waals surface area contributed by atoms with Gasteiger partial charge in [-0.3, -0.25) is 9.59 Å². The quantitative estimate of drug-likeness (QED) is 0.781. The molecule has 2 atom stereocenters. The van der Waals surface area contributed by atoms with Gasteiger partial charge in [-0.15, -0.1) is 13.2 Å². The lowest BCUT2D eigenvalue weighted by Gasteiger charge is -2.19. The summed E-state index contributed by atoms with van der Waals surface area (Å²) in [6.45, 7) is 0.256. The second-order valence-electron chi connectivity index (χ2n) is 5.45. The van der Waals surface area contributed by atoms with Gasteiger partial charge in [0.25, 0.3) is 0 Å². The van der Waals surface area contributed by atoms with E-state index in [-0.39, 0.29) is 18.8 Å². The molecule has 3 N–H and O–H groups in total. The summed E-state index contributed by atoms with van der Waals surface area (Å²) in [6.07, 6.45) is -4.50. The van der Waals surface area contributed by atoms with Crippen molar-refractivity contribution in [1.29, 1.82) is 0 Å². The number of hydrogen-bond donors (Lipinski definition) is 2. The molecule has 1 aliphatic rings. The van der Waals surface area contributed by atoms with E-state index in [2.05, 4.69) is 10.1 Å². The zero-order valence-corrected chi connectivity index (χ0v) is 13.4. The number of rotatable bonds is 6. The summed E-state index contributed by atoms with van der Waals surface area (Å²) in [5.74, 6) is -1.38. The first-order valence-corrected chi connectivity index (χ1v) is 7.43. The molecule has 0 bridgehead atoms. The van der Waals surface area contributed by atoms with Gasteiger partial charge < -0.3 is 25.4 Å². The van der Waals surface area contributed by atoms with Crippen molar-refractivity contribution in [2.24, 2.45) is 5.73 Å². The highest BCUT2D eigenvalue weighted by Gasteiger charge is 2.35. The van der Waals surface area contributed by atoms with Crippen LogP contribution in [-0.4, -0.2) is 50.5 Å². The Hall–Kier alpha value is -2.33. The van der Waals surface area contributed by atoms with Crippen molar-refractivity contribution in [2.75, 3.05) is 25.2 Å². The van der Waals surface area contributed by atoms with E-state index in [0.717, 1.165) is 12.1 Å². The molecule has 1 aromatic carbocycles. The second-order valence-corrected chi connectivity index (χ2v) is 5.45. The largest absolute Gasteiger partial charge is 0.573 e. The van der Waals surface area contributed by atoms with Gasteiger partial charge in [0.05, 0.1) is 6.61 Å². The second kappa shape index (κ2) is 7.70. The fourth-order valence-corrected chi connectivity index (χ4v) is 2.45. The SMILES string of the molecule is COCC(N)C(=O)NC1CCN(c2cccc(OC(F)(F)F)c2)C1=O. The number of alkyl halides is 3. The molecule has 1 heterocycles. The molecule has 2 rings (SSSR count). The molecular weight excluding hydrogens is 343 g/mol. The molecule has 2 amide bonds. The standard InChI is InChI=1S/C15H18F3N3O4/c1-24-8-11(19)13(22)20-12-5-6-21(14(12)23)9-3-2-4-10(7-9)25-15(16,17)18/h2-4,7,11-12H,5-6,8,19H2,1H3,(H,20,22). The Labute approximate surface area is 141 Å². The van der Waals surface area contributed by atoms with Crippen LogP contribution < -0.4 is 20.7 Å². The van der Waals surface area contributed by atoms with E-state index in [1.54, 1.807) is 0 Å². The Morgan fingerprint density at radius 1 is 1.48 bits per heavy atom. The van der Waals surface area contributed by atoms with Crippen LogP contribution in [0.2, 0.25) is 0 Å². The summed E-state index contributed by atoms with van der Waals surface area (Å²) in [5, 5.41) is 2.52. The molecule has 25 heavy (non-hydrogen) atoms. The molecule has 1 fully saturated rings. The topological polar surface area (TPSA) is 93.9 Å². The molecule has 1 saturated heterocycles. The van der Waals surface area contributed by atoms with Gasteiger partial charge in [-0.1, -0.05) is 6.07 Å². The Bertz CT molecular complexity index is 639. The molecule has 0 aromatic heterocycles. The third-order valence-corrected chi connectivity index (χ3v) is 3.57. The van der Waals surface area contributed by atoms with Crippen LogP contribution in [0.5, 0.6) is 5.75 Å². The number of nitrogens with one attached hydrogen (secondary N) is 1. The van der Waals surface area contributed by atoms with E-state index in [0.29, 0.717) is 6.42 Å². The van der Waals surface area contributed by atoms with E-state index >= 15 is 0 Å². The van der Waals surface area contributed by atoms with Crippen LogP contribution >= 0.6 is 0 Å². The van der Waals surface area contributed by atoms with Gasteiger partial charge in [0, 0.05) is 25.4 Å². The van der Waals surface area contributed by atoms with Crippen molar-refractivity contribution >= 4 is 17.5 Å². The number of carbonyl (C=O) groups is 2. The lowest BCUT2D eigenvalue weighted by Crippen LogP contribution is -2.49. The third kappa shape index (κ3) is 5.07. The minimum atomic E-state index is -4.82. The Morgan fingerprint density at radius 3 is 2.84 bits per heavy atom. The van der Waals surface area contributed by atoms with Gasteiger partial charge in [-0.05, 0) is 18.6 Å². The average Bonchev–Trinajstić information content (AvgIpc) is 2.87. The number of ether oxygens (including phenoxy) is 2. The first kappa shape index (κ1) is 19.0. The van der Waals surface area contributed by atoms with E-state index in [1.165, 1.54) is 24.1 Å². The molecule has 0 radical (unpaired) electrons. The van der Waals surface area contributed by atoms with Gasteiger partial charge in [-0.2, -0.15) is 0 Å². The number of carbonyl (C=O) groups excluding carboxylic acids is 2. The van der Waals surface area contributed by atoms with Crippen LogP contribution in [0.15, 0.2) is 24.3 Å². The normalized spacial score (nSPS) is 19.0. The summed E-state index contributed by atoms with van der Waals surface area (Å²) in [5.41, 5.74) is 5.85. The lowest BCUT2D eigenvalue weighted by molar-refractivity contribution is -0.274. The van der Waals surface area contributed by atoms with Crippen molar-refractivity contribution in [3.63, 3.8) is 0 Å². The van der Waals surface area contributed by atoms with Crippen LogP contribution in [0.25, 0.3) is 0 Å². The molecule has 1 aliphatic heterocycles. The van der Waals surface area contributed by atoms with E-state index in [9.17, 15) is 22.8 Å². The van der Waals surface area contributed by atoms with Gasteiger partial charge in [-0.25, -0.2) is 0 Å². The van der Waals surface area contributed by atoms with Crippen LogP contribution in [0.3, 0.4) is 0 Å². The maximum absolute atomic E-state index is 12.4. The Kier molecular flexibility index (Phi) is 5.85. The maximum atomic E-state index is 12.4. The minimum absolute atomic E-state index is 0.00723. The van der Waals surface area contributed by atoms with Crippen molar-refractivity contribution in [3.05, 3.63) is 24.3 Å². The number of hydrogen-bond acceptors (Lipinski definition) is 5. The number of nitrogens with zero attached hydrogens (tertiary/aromatic N) is 1. The predicted octanol–water partition coefficient (Wildman–Crippen LogP) is 0.780. The highest BCUT2D eigenvalue weighted by molar-refractivity contribution is 6.01. The fraction of sp³-hybridized carbons (Fsp3) is 0.467. The van der Waals surface area contributed by atoms with Gasteiger partial charge in [0.15, 0.2) is 0 Å². The van der Waals surface area contributed by atoms with Crippen molar-refractivity contribution in [2.45, 2.75) is 24.9 Å². The molecule has 7 nitrogen and oxygen atoms in total. The zero-order valence-electron chi connectivity index (χ0n) is 13.4. The van der Waals surface area contributed by atoms with Crippen LogP contribution in [0.1, 0.15) is 6.42 Å². The van der Waals surface area contributed by atoms with Crippen LogP contribution in [0.4, 0.5) is 18.9 Å². The minimum Gasteiger partial charge on any atom is -0.406 e. The highest BCUT2D eigenvalue weighted by atomic mass is 19.4. The maximum Gasteiger partial charge on any atom is 0.573 e. The molecule has 138 valence electrons. The molecule has 0 saturated carbocycles. The molecule has 10 heteroatoms. The third-order valence-electron chi connectivity index (χ3n) is 3.57. The summed E-state index contributed by atoms with van der Waals surface area (Å²) < 4.78 is 45.5. The van der Waals surface area contributed by atoms with Crippen molar-refractivity contribution < 1.29 is 32.2 Å². The number of anilines is 1. The highest BCUT2D eigenvalue weighted by Crippen LogP contribution is 2.29. The van der Waals surface area contributed by atoms with E-state index in [1.807, 2.05) is 0 Å². The molecule has 0 aliphatic carbocycles. The van der Waals surface area contributed by atoms with E-state index < -0.39 is 36.0 Å². The van der Waals surface area contributed by atoms with Gasteiger partial charge in [0.1, 0.15) is 17.8 Å². The molecule has 0 spiro atoms. The monoisotopic (exact) mass is 361 g/mol. The average molecular weight is 361 g/mol. The molecule has 1 aromatic rings. The first-order chi connectivity index (χ1) is 11.7. The van der Waals surface area contributed by atoms with Crippen LogP contribution in [-0.2, 0) is 14.3 Å². The Balaban J connectivity index is 2.04.